The summed E-state index contributed by atoms with van der Waals surface area (Å²) in [5, 5.41) is 2.97. The summed E-state index contributed by atoms with van der Waals surface area (Å²) in [4.78, 5) is 11.1. The van der Waals surface area contributed by atoms with Crippen LogP contribution in [0.3, 0.4) is 0 Å². The van der Waals surface area contributed by atoms with Crippen LogP contribution in [0, 0.1) is 0 Å². The Kier molecular flexibility index (Phi) is 4.16. The molecule has 2 heteroatoms. The van der Waals surface area contributed by atoms with Crippen LogP contribution in [0.4, 0.5) is 0 Å². The van der Waals surface area contributed by atoms with E-state index >= 15 is 0 Å². The van der Waals surface area contributed by atoms with Gasteiger partial charge in [0.15, 0.2) is 0 Å². The highest BCUT2D eigenvalue weighted by molar-refractivity contribution is 5.76. The number of carbonyl (C=O) groups excluding carboxylic acids is 1. The first-order valence-corrected chi connectivity index (χ1v) is 4.33. The van der Waals surface area contributed by atoms with E-state index in [0.29, 0.717) is 6.42 Å². The molecule has 1 N–H and O–H groups in total. The van der Waals surface area contributed by atoms with E-state index in [4.69, 9.17) is 0 Å². The van der Waals surface area contributed by atoms with Crippen molar-refractivity contribution in [2.24, 2.45) is 0 Å². The molecule has 0 atom stereocenters. The molecule has 0 heterocycles. The van der Waals surface area contributed by atoms with E-state index in [2.05, 4.69) is 12.2 Å². The Bertz CT molecular complexity index is 130. The van der Waals surface area contributed by atoms with Crippen molar-refractivity contribution in [3.8, 4) is 0 Å². The molecule has 0 bridgehead atoms. The zero-order valence-electron chi connectivity index (χ0n) is 8.03. The molecule has 11 heavy (non-hydrogen) atoms. The fourth-order valence-electron chi connectivity index (χ4n) is 0.755. The smallest absolute Gasteiger partial charge is 0.220 e. The third-order valence-corrected chi connectivity index (χ3v) is 1.84. The first-order valence-electron chi connectivity index (χ1n) is 4.33. The number of amides is 1. The van der Waals surface area contributed by atoms with E-state index in [1.54, 1.807) is 0 Å². The van der Waals surface area contributed by atoms with Crippen LogP contribution in [0.2, 0.25) is 0 Å². The molecule has 0 aliphatic heterocycles. The number of rotatable bonds is 4. The third-order valence-electron chi connectivity index (χ3n) is 1.84. The van der Waals surface area contributed by atoms with Crippen molar-refractivity contribution in [2.45, 2.75) is 52.5 Å². The number of nitrogens with one attached hydrogen (secondary N) is 1. The van der Waals surface area contributed by atoms with Crippen LogP contribution in [-0.2, 0) is 4.79 Å². The fraction of sp³-hybridized carbons (Fsp3) is 0.889. The molecule has 0 aliphatic carbocycles. The summed E-state index contributed by atoms with van der Waals surface area (Å²) in [6.45, 7) is 8.17. The minimum Gasteiger partial charge on any atom is -0.351 e. The first kappa shape index (κ1) is 10.5. The van der Waals surface area contributed by atoms with Crippen LogP contribution in [-0.4, -0.2) is 11.4 Å². The van der Waals surface area contributed by atoms with Crippen molar-refractivity contribution in [3.63, 3.8) is 0 Å². The summed E-state index contributed by atoms with van der Waals surface area (Å²) in [5.74, 6) is 0.166. The van der Waals surface area contributed by atoms with Crippen LogP contribution in [0.1, 0.15) is 47.0 Å². The Hall–Kier alpha value is -0.530. The summed E-state index contributed by atoms with van der Waals surface area (Å²) in [5.41, 5.74) is -0.0355. The second-order valence-electron chi connectivity index (χ2n) is 3.54. The normalized spacial score (nSPS) is 11.3. The summed E-state index contributed by atoms with van der Waals surface area (Å²) < 4.78 is 0. The average molecular weight is 157 g/mol. The lowest BCUT2D eigenvalue weighted by Gasteiger charge is -2.24. The summed E-state index contributed by atoms with van der Waals surface area (Å²) in [6.07, 6.45) is 2.54. The number of hydrogen-bond donors (Lipinski definition) is 1. The molecule has 0 rings (SSSR count). The van der Waals surface area contributed by atoms with E-state index in [9.17, 15) is 4.79 Å². The Morgan fingerprint density at radius 3 is 2.27 bits per heavy atom. The Morgan fingerprint density at radius 2 is 1.91 bits per heavy atom. The van der Waals surface area contributed by atoms with Gasteiger partial charge in [-0.05, 0) is 26.7 Å². The quantitative estimate of drug-likeness (QED) is 0.665. The second kappa shape index (κ2) is 4.37. The predicted octanol–water partition coefficient (Wildman–Crippen LogP) is 2.09. The van der Waals surface area contributed by atoms with Gasteiger partial charge in [0.25, 0.3) is 0 Å². The van der Waals surface area contributed by atoms with Gasteiger partial charge in [0, 0.05) is 12.0 Å². The Morgan fingerprint density at radius 1 is 1.36 bits per heavy atom. The largest absolute Gasteiger partial charge is 0.351 e. The molecule has 0 aromatic carbocycles. The lowest BCUT2D eigenvalue weighted by molar-refractivity contribution is -0.122. The Labute approximate surface area is 69.4 Å². The first-order chi connectivity index (χ1) is 5.02. The average Bonchev–Trinajstić information content (AvgIpc) is 1.87. The molecule has 0 radical (unpaired) electrons. The van der Waals surface area contributed by atoms with Crippen LogP contribution in [0.5, 0.6) is 0 Å². The van der Waals surface area contributed by atoms with E-state index in [1.807, 2.05) is 20.8 Å². The molecule has 66 valence electrons. The number of hydrogen-bond acceptors (Lipinski definition) is 1. The van der Waals surface area contributed by atoms with Crippen LogP contribution in [0.25, 0.3) is 0 Å². The molecule has 0 saturated heterocycles. The molecule has 2 nitrogen and oxygen atoms in total. The summed E-state index contributed by atoms with van der Waals surface area (Å²) >= 11 is 0. The summed E-state index contributed by atoms with van der Waals surface area (Å²) in [7, 11) is 0. The molecule has 0 aromatic rings. The Balaban J connectivity index is 3.74. The van der Waals surface area contributed by atoms with E-state index in [0.717, 1.165) is 12.8 Å². The zero-order valence-corrected chi connectivity index (χ0v) is 8.03. The SMILES string of the molecule is CCCC(=O)NC(C)(C)CC. The highest BCUT2D eigenvalue weighted by Crippen LogP contribution is 2.07. The van der Waals surface area contributed by atoms with Crippen molar-refractivity contribution >= 4 is 5.91 Å². The molecule has 0 aliphatic rings. The minimum absolute atomic E-state index is 0.0355. The van der Waals surface area contributed by atoms with Crippen LogP contribution in [0.15, 0.2) is 0 Å². The van der Waals surface area contributed by atoms with Gasteiger partial charge in [0.1, 0.15) is 0 Å². The van der Waals surface area contributed by atoms with Crippen LogP contribution >= 0.6 is 0 Å². The lowest BCUT2D eigenvalue weighted by atomic mass is 10.0. The van der Waals surface area contributed by atoms with Gasteiger partial charge in [-0.25, -0.2) is 0 Å². The topological polar surface area (TPSA) is 29.1 Å². The van der Waals surface area contributed by atoms with Gasteiger partial charge in [0.05, 0.1) is 0 Å². The van der Waals surface area contributed by atoms with E-state index < -0.39 is 0 Å². The van der Waals surface area contributed by atoms with Crippen molar-refractivity contribution in [3.05, 3.63) is 0 Å². The van der Waals surface area contributed by atoms with Crippen molar-refractivity contribution in [2.75, 3.05) is 0 Å². The van der Waals surface area contributed by atoms with Gasteiger partial charge in [-0.15, -0.1) is 0 Å². The maximum absolute atomic E-state index is 11.1. The highest BCUT2D eigenvalue weighted by atomic mass is 16.1. The maximum atomic E-state index is 11.1. The third kappa shape index (κ3) is 4.82. The monoisotopic (exact) mass is 157 g/mol. The zero-order chi connectivity index (χ0) is 8.91. The predicted molar refractivity (Wildman–Crippen MR) is 47.4 cm³/mol. The second-order valence-corrected chi connectivity index (χ2v) is 3.54. The van der Waals surface area contributed by atoms with Gasteiger partial charge in [-0.2, -0.15) is 0 Å². The van der Waals surface area contributed by atoms with Crippen LogP contribution < -0.4 is 5.32 Å². The lowest BCUT2D eigenvalue weighted by Crippen LogP contribution is -2.42. The van der Waals surface area contributed by atoms with Crippen molar-refractivity contribution < 1.29 is 4.79 Å². The molecule has 0 fully saturated rings. The highest BCUT2D eigenvalue weighted by Gasteiger charge is 2.16. The van der Waals surface area contributed by atoms with Gasteiger partial charge in [-0.1, -0.05) is 13.8 Å². The van der Waals surface area contributed by atoms with Crippen molar-refractivity contribution in [1.29, 1.82) is 0 Å². The van der Waals surface area contributed by atoms with Gasteiger partial charge in [0.2, 0.25) is 5.91 Å². The molecule has 0 spiro atoms. The van der Waals surface area contributed by atoms with E-state index in [-0.39, 0.29) is 11.4 Å². The van der Waals surface area contributed by atoms with Gasteiger partial charge in [-0.3, -0.25) is 4.79 Å². The molecular formula is C9H19NO. The molecule has 1 amide bonds. The fourth-order valence-corrected chi connectivity index (χ4v) is 0.755. The molecular weight excluding hydrogens is 138 g/mol. The van der Waals surface area contributed by atoms with Gasteiger partial charge < -0.3 is 5.32 Å². The summed E-state index contributed by atoms with van der Waals surface area (Å²) in [6, 6.07) is 0. The molecule has 0 saturated carbocycles. The van der Waals surface area contributed by atoms with Crippen molar-refractivity contribution in [1.82, 2.24) is 5.32 Å². The standard InChI is InChI=1S/C9H19NO/c1-5-7-8(11)10-9(3,4)6-2/h5-7H2,1-4H3,(H,10,11). The van der Waals surface area contributed by atoms with Gasteiger partial charge >= 0.3 is 0 Å². The maximum Gasteiger partial charge on any atom is 0.220 e. The molecule has 0 aromatic heterocycles. The van der Waals surface area contributed by atoms with E-state index in [1.165, 1.54) is 0 Å². The number of carbonyl (C=O) groups is 1. The minimum atomic E-state index is -0.0355. The molecule has 0 unspecified atom stereocenters.